The van der Waals surface area contributed by atoms with Gasteiger partial charge in [-0.05, 0) is 18.6 Å². The number of nitrogen functional groups attached to an aromatic ring is 1. The monoisotopic (exact) mass is 261 g/mol. The van der Waals surface area contributed by atoms with Gasteiger partial charge in [0.1, 0.15) is 5.52 Å². The molecule has 0 radical (unpaired) electrons. The summed E-state index contributed by atoms with van der Waals surface area (Å²) in [6.45, 7) is 2.17. The van der Waals surface area contributed by atoms with E-state index in [1.807, 2.05) is 6.07 Å². The third-order valence-electron chi connectivity index (χ3n) is 2.94. The fourth-order valence-corrected chi connectivity index (χ4v) is 1.94. The number of rotatable bonds is 6. The fourth-order valence-electron chi connectivity index (χ4n) is 1.94. The van der Waals surface area contributed by atoms with Crippen LogP contribution in [0.2, 0.25) is 0 Å². The van der Waals surface area contributed by atoms with Crippen molar-refractivity contribution in [2.45, 2.75) is 32.2 Å². The van der Waals surface area contributed by atoms with Gasteiger partial charge in [0.05, 0.1) is 18.2 Å². The lowest BCUT2D eigenvalue weighted by Gasteiger charge is -2.17. The van der Waals surface area contributed by atoms with E-state index >= 15 is 0 Å². The van der Waals surface area contributed by atoms with Crippen LogP contribution in [0.15, 0.2) is 18.3 Å². The molecule has 6 heteroatoms. The van der Waals surface area contributed by atoms with Crippen LogP contribution in [0.25, 0.3) is 11.0 Å². The number of nitrogens with zero attached hydrogens (tertiary/aromatic N) is 3. The van der Waals surface area contributed by atoms with Gasteiger partial charge < -0.3 is 16.2 Å². The first kappa shape index (κ1) is 13.5. The van der Waals surface area contributed by atoms with Crippen LogP contribution in [-0.2, 0) is 0 Å². The number of aliphatic hydroxyl groups is 1. The molecule has 2 heterocycles. The zero-order chi connectivity index (χ0) is 13.7. The van der Waals surface area contributed by atoms with Crippen LogP contribution in [0, 0.1) is 0 Å². The molecule has 0 saturated heterocycles. The molecule has 0 amide bonds. The van der Waals surface area contributed by atoms with Gasteiger partial charge in [0, 0.05) is 6.20 Å². The van der Waals surface area contributed by atoms with Crippen molar-refractivity contribution in [1.29, 1.82) is 0 Å². The summed E-state index contributed by atoms with van der Waals surface area (Å²) in [6, 6.07) is 3.60. The standard InChI is InChI=1S/C13H19N5O/c1-2-3-5-9(8-19)16-12-11-10(6-4-7-15-11)17-13(14)18-12/h4,6-7,9,19H,2-3,5,8H2,1H3,(H3,14,16,17,18)/t9-/m1/s1. The molecule has 2 aromatic rings. The molecule has 0 aliphatic rings. The second-order valence-corrected chi connectivity index (χ2v) is 4.47. The molecule has 0 saturated carbocycles. The highest BCUT2D eigenvalue weighted by Gasteiger charge is 2.12. The molecule has 0 bridgehead atoms. The molecule has 2 rings (SSSR count). The zero-order valence-electron chi connectivity index (χ0n) is 11.0. The molecule has 6 nitrogen and oxygen atoms in total. The molecule has 19 heavy (non-hydrogen) atoms. The number of fused-ring (bicyclic) bond motifs is 1. The summed E-state index contributed by atoms with van der Waals surface area (Å²) in [6.07, 6.45) is 4.70. The Balaban J connectivity index is 2.28. The van der Waals surface area contributed by atoms with Crippen molar-refractivity contribution in [3.63, 3.8) is 0 Å². The highest BCUT2D eigenvalue weighted by Crippen LogP contribution is 2.19. The van der Waals surface area contributed by atoms with Crippen LogP contribution in [0.3, 0.4) is 0 Å². The summed E-state index contributed by atoms with van der Waals surface area (Å²) in [5, 5.41) is 12.6. The molecule has 0 aliphatic carbocycles. The summed E-state index contributed by atoms with van der Waals surface area (Å²) in [5.74, 6) is 0.786. The summed E-state index contributed by atoms with van der Waals surface area (Å²) < 4.78 is 0. The summed E-state index contributed by atoms with van der Waals surface area (Å²) in [4.78, 5) is 12.6. The van der Waals surface area contributed by atoms with Crippen LogP contribution in [-0.4, -0.2) is 32.7 Å². The van der Waals surface area contributed by atoms with E-state index in [1.54, 1.807) is 12.3 Å². The van der Waals surface area contributed by atoms with Gasteiger partial charge in [0.15, 0.2) is 5.82 Å². The molecule has 1 atom stereocenters. The van der Waals surface area contributed by atoms with Crippen molar-refractivity contribution in [2.75, 3.05) is 17.7 Å². The number of unbranched alkanes of at least 4 members (excludes halogenated alkanes) is 1. The Morgan fingerprint density at radius 3 is 3.00 bits per heavy atom. The molecule has 0 aromatic carbocycles. The van der Waals surface area contributed by atoms with E-state index in [1.165, 1.54) is 0 Å². The molecule has 0 aliphatic heterocycles. The quantitative estimate of drug-likeness (QED) is 0.730. The van der Waals surface area contributed by atoms with Crippen molar-refractivity contribution in [1.82, 2.24) is 15.0 Å². The van der Waals surface area contributed by atoms with Gasteiger partial charge in [-0.3, -0.25) is 4.98 Å². The van der Waals surface area contributed by atoms with Gasteiger partial charge in [-0.25, -0.2) is 4.98 Å². The lowest BCUT2D eigenvalue weighted by atomic mass is 10.1. The number of nitrogens with one attached hydrogen (secondary N) is 1. The first-order valence-electron chi connectivity index (χ1n) is 6.50. The molecule has 2 aromatic heterocycles. The van der Waals surface area contributed by atoms with Crippen LogP contribution in [0.4, 0.5) is 11.8 Å². The summed E-state index contributed by atoms with van der Waals surface area (Å²) >= 11 is 0. The predicted octanol–water partition coefficient (Wildman–Crippen LogP) is 1.57. The van der Waals surface area contributed by atoms with Gasteiger partial charge in [0.2, 0.25) is 5.95 Å². The van der Waals surface area contributed by atoms with E-state index in [2.05, 4.69) is 27.2 Å². The third-order valence-corrected chi connectivity index (χ3v) is 2.94. The van der Waals surface area contributed by atoms with Gasteiger partial charge in [-0.15, -0.1) is 0 Å². The number of anilines is 2. The van der Waals surface area contributed by atoms with Crippen LogP contribution >= 0.6 is 0 Å². The number of aliphatic hydroxyl groups excluding tert-OH is 1. The average Bonchev–Trinajstić information content (AvgIpc) is 2.43. The van der Waals surface area contributed by atoms with E-state index in [4.69, 9.17) is 5.73 Å². The van der Waals surface area contributed by atoms with E-state index in [9.17, 15) is 5.11 Å². The van der Waals surface area contributed by atoms with Crippen LogP contribution in [0.1, 0.15) is 26.2 Å². The Morgan fingerprint density at radius 1 is 1.42 bits per heavy atom. The molecule has 4 N–H and O–H groups in total. The third kappa shape index (κ3) is 3.29. The Hall–Kier alpha value is -1.95. The first-order valence-corrected chi connectivity index (χ1v) is 6.50. The van der Waals surface area contributed by atoms with Crippen LogP contribution < -0.4 is 11.1 Å². The fraction of sp³-hybridized carbons (Fsp3) is 0.462. The first-order chi connectivity index (χ1) is 9.24. The Bertz CT molecular complexity index is 546. The maximum Gasteiger partial charge on any atom is 0.222 e. The second kappa shape index (κ2) is 6.29. The van der Waals surface area contributed by atoms with Crippen molar-refractivity contribution in [3.8, 4) is 0 Å². The minimum atomic E-state index is -0.0422. The molecular weight excluding hydrogens is 242 g/mol. The average molecular weight is 261 g/mol. The lowest BCUT2D eigenvalue weighted by Crippen LogP contribution is -2.24. The molecular formula is C13H19N5O. The number of hydrogen-bond acceptors (Lipinski definition) is 6. The smallest absolute Gasteiger partial charge is 0.222 e. The number of nitrogens with two attached hydrogens (primary N) is 1. The highest BCUT2D eigenvalue weighted by molar-refractivity contribution is 5.85. The second-order valence-electron chi connectivity index (χ2n) is 4.47. The minimum Gasteiger partial charge on any atom is -0.394 e. The number of aromatic nitrogens is 3. The van der Waals surface area contributed by atoms with Gasteiger partial charge >= 0.3 is 0 Å². The zero-order valence-corrected chi connectivity index (χ0v) is 11.0. The lowest BCUT2D eigenvalue weighted by molar-refractivity contribution is 0.267. The largest absolute Gasteiger partial charge is 0.394 e. The van der Waals surface area contributed by atoms with Crippen molar-refractivity contribution < 1.29 is 5.11 Å². The van der Waals surface area contributed by atoms with Crippen molar-refractivity contribution in [2.24, 2.45) is 0 Å². The van der Waals surface area contributed by atoms with E-state index in [0.29, 0.717) is 16.9 Å². The van der Waals surface area contributed by atoms with Crippen LogP contribution in [0.5, 0.6) is 0 Å². The molecule has 102 valence electrons. The molecule has 0 unspecified atom stereocenters. The van der Waals surface area contributed by atoms with Gasteiger partial charge in [-0.1, -0.05) is 19.8 Å². The summed E-state index contributed by atoms with van der Waals surface area (Å²) in [7, 11) is 0. The predicted molar refractivity (Wildman–Crippen MR) is 75.8 cm³/mol. The van der Waals surface area contributed by atoms with Crippen molar-refractivity contribution >= 4 is 22.8 Å². The Kier molecular flexibility index (Phi) is 4.46. The van der Waals surface area contributed by atoms with Gasteiger partial charge in [0.25, 0.3) is 0 Å². The molecule has 0 fully saturated rings. The van der Waals surface area contributed by atoms with E-state index in [0.717, 1.165) is 19.3 Å². The highest BCUT2D eigenvalue weighted by atomic mass is 16.3. The van der Waals surface area contributed by atoms with Crippen molar-refractivity contribution in [3.05, 3.63) is 18.3 Å². The normalized spacial score (nSPS) is 12.5. The Morgan fingerprint density at radius 2 is 2.26 bits per heavy atom. The van der Waals surface area contributed by atoms with Gasteiger partial charge in [-0.2, -0.15) is 4.98 Å². The maximum absolute atomic E-state index is 9.40. The number of hydrogen-bond donors (Lipinski definition) is 3. The van der Waals surface area contributed by atoms with E-state index in [-0.39, 0.29) is 18.6 Å². The van der Waals surface area contributed by atoms with E-state index < -0.39 is 0 Å². The minimum absolute atomic E-state index is 0.0422. The summed E-state index contributed by atoms with van der Waals surface area (Å²) in [5.41, 5.74) is 7.06. The number of pyridine rings is 1. The maximum atomic E-state index is 9.40. The SMILES string of the molecule is CCCC[C@H](CO)Nc1nc(N)nc2cccnc12. The topological polar surface area (TPSA) is 97.0 Å². The Labute approximate surface area is 112 Å². The molecule has 0 spiro atoms.